The molecule has 0 atom stereocenters. The summed E-state index contributed by atoms with van der Waals surface area (Å²) in [5.74, 6) is -3.01. The number of imide groups is 1. The van der Waals surface area contributed by atoms with Crippen molar-refractivity contribution in [1.82, 2.24) is 10.6 Å². The molecule has 36 heavy (non-hydrogen) atoms. The van der Waals surface area contributed by atoms with Gasteiger partial charge in [-0.3, -0.25) is 24.7 Å². The summed E-state index contributed by atoms with van der Waals surface area (Å²) >= 11 is 0. The summed E-state index contributed by atoms with van der Waals surface area (Å²) in [6, 6.07) is 4.37. The summed E-state index contributed by atoms with van der Waals surface area (Å²) in [6.07, 6.45) is 9.96. The van der Waals surface area contributed by atoms with E-state index in [4.69, 9.17) is 10.7 Å². The molecule has 2 aliphatic carbocycles. The van der Waals surface area contributed by atoms with Crippen molar-refractivity contribution in [2.45, 2.75) is 76.3 Å². The predicted octanol–water partition coefficient (Wildman–Crippen LogP) is 3.52. The number of rotatable bonds is 5. The second-order valence-corrected chi connectivity index (χ2v) is 9.96. The molecule has 0 spiro atoms. The molecule has 0 radical (unpaired) electrons. The largest absolute Gasteiger partial charge is 0.478 e. The zero-order valence-electron chi connectivity index (χ0n) is 20.1. The first-order chi connectivity index (χ1) is 17.3. The van der Waals surface area contributed by atoms with Crippen molar-refractivity contribution in [2.75, 3.05) is 0 Å². The summed E-state index contributed by atoms with van der Waals surface area (Å²) in [6.45, 7) is 0. The van der Waals surface area contributed by atoms with E-state index in [9.17, 15) is 24.3 Å². The van der Waals surface area contributed by atoms with Gasteiger partial charge in [-0.05, 0) is 43.9 Å². The van der Waals surface area contributed by atoms with Crippen molar-refractivity contribution in [3.63, 3.8) is 0 Å². The van der Waals surface area contributed by atoms with E-state index in [-0.39, 0.29) is 57.0 Å². The molecule has 2 saturated carbocycles. The Kier molecular flexibility index (Phi) is 6.47. The number of amidine groups is 1. The average molecular weight is 491 g/mol. The first-order valence-electron chi connectivity index (χ1n) is 12.7. The van der Waals surface area contributed by atoms with Gasteiger partial charge in [-0.1, -0.05) is 38.5 Å². The smallest absolute Gasteiger partial charge is 0.336 e. The van der Waals surface area contributed by atoms with Crippen LogP contribution in [0.4, 0.5) is 0 Å². The van der Waals surface area contributed by atoms with Gasteiger partial charge in [0.25, 0.3) is 17.7 Å². The molecule has 0 aromatic heterocycles. The molecule has 9 heteroatoms. The van der Waals surface area contributed by atoms with Crippen molar-refractivity contribution in [3.05, 3.63) is 46.0 Å². The molecule has 5 rings (SSSR count). The van der Waals surface area contributed by atoms with Crippen LogP contribution in [-0.4, -0.2) is 46.7 Å². The average Bonchev–Trinajstić information content (AvgIpc) is 2.87. The predicted molar refractivity (Wildman–Crippen MR) is 135 cm³/mol. The van der Waals surface area contributed by atoms with Crippen LogP contribution >= 0.6 is 0 Å². The van der Waals surface area contributed by atoms with Gasteiger partial charge in [-0.25, -0.2) is 4.79 Å². The Hall–Kier alpha value is -3.75. The van der Waals surface area contributed by atoms with Crippen LogP contribution in [-0.2, 0) is 0 Å². The maximum atomic E-state index is 13.5. The fourth-order valence-corrected chi connectivity index (χ4v) is 5.77. The van der Waals surface area contributed by atoms with Crippen molar-refractivity contribution in [1.29, 1.82) is 0 Å². The summed E-state index contributed by atoms with van der Waals surface area (Å²) in [5, 5.41) is 15.7. The maximum Gasteiger partial charge on any atom is 0.336 e. The molecule has 3 amide bonds. The molecular weight excluding hydrogens is 460 g/mol. The van der Waals surface area contributed by atoms with Crippen molar-refractivity contribution in [3.8, 4) is 0 Å². The van der Waals surface area contributed by atoms with E-state index < -0.39 is 17.8 Å². The topological polar surface area (TPSA) is 151 Å². The number of carboxylic acids is 1. The molecule has 1 heterocycles. The number of aliphatic imine (C=N–C) groups is 1. The molecule has 0 bridgehead atoms. The third-order valence-corrected chi connectivity index (χ3v) is 7.57. The van der Waals surface area contributed by atoms with Gasteiger partial charge in [0.15, 0.2) is 0 Å². The second-order valence-electron chi connectivity index (χ2n) is 9.96. The molecule has 2 aromatic rings. The number of benzene rings is 2. The first kappa shape index (κ1) is 24.0. The van der Waals surface area contributed by atoms with Gasteiger partial charge < -0.3 is 16.2 Å². The number of nitrogens with two attached hydrogens (primary N) is 1. The zero-order valence-corrected chi connectivity index (χ0v) is 20.1. The summed E-state index contributed by atoms with van der Waals surface area (Å²) in [7, 11) is 0. The number of aromatic carboxylic acids is 1. The van der Waals surface area contributed by atoms with Crippen molar-refractivity contribution < 1.29 is 24.3 Å². The van der Waals surface area contributed by atoms with Gasteiger partial charge in [-0.15, -0.1) is 0 Å². The van der Waals surface area contributed by atoms with E-state index in [0.29, 0.717) is 5.39 Å². The van der Waals surface area contributed by atoms with E-state index in [1.54, 1.807) is 6.07 Å². The van der Waals surface area contributed by atoms with Crippen LogP contribution in [0.5, 0.6) is 0 Å². The standard InChI is InChI=1S/C27H30N4O5/c28-23(29-14-7-3-1-4-8-14)18-13-19(27(35)36)22-21-17(25(33)31-26(22)34)12-11-16(20(18)21)24(32)30-15-9-5-2-6-10-15/h11-15H,1-10H2,(H2,28,29)(H,30,32)(H,35,36)(H,31,33,34). The molecule has 188 valence electrons. The number of carboxylic acid groups (broad SMARTS) is 1. The third kappa shape index (κ3) is 4.34. The van der Waals surface area contributed by atoms with E-state index in [2.05, 4.69) is 10.6 Å². The molecule has 9 nitrogen and oxygen atoms in total. The maximum absolute atomic E-state index is 13.5. The SMILES string of the molecule is NC(=NC1CCCCC1)c1cc(C(=O)O)c2c3c(ccc(C(=O)NC4CCCCC4)c13)C(=O)NC2=O. The van der Waals surface area contributed by atoms with E-state index in [0.717, 1.165) is 64.2 Å². The minimum atomic E-state index is -1.33. The van der Waals surface area contributed by atoms with Gasteiger partial charge in [0.1, 0.15) is 5.84 Å². The fraction of sp³-hybridized carbons (Fsp3) is 0.444. The molecule has 1 aliphatic heterocycles. The lowest BCUT2D eigenvalue weighted by Crippen LogP contribution is -2.38. The molecular formula is C27H30N4O5. The minimum Gasteiger partial charge on any atom is -0.478 e. The van der Waals surface area contributed by atoms with Crippen molar-refractivity contribution >= 4 is 40.3 Å². The molecule has 3 aliphatic rings. The highest BCUT2D eigenvalue weighted by Gasteiger charge is 2.34. The van der Waals surface area contributed by atoms with Gasteiger partial charge in [0, 0.05) is 33.5 Å². The summed E-state index contributed by atoms with van der Waals surface area (Å²) in [4.78, 5) is 56.0. The van der Waals surface area contributed by atoms with Crippen LogP contribution < -0.4 is 16.4 Å². The Labute approximate surface area is 208 Å². The number of carbonyl (C=O) groups excluding carboxylic acids is 3. The van der Waals surface area contributed by atoms with E-state index in [1.807, 2.05) is 0 Å². The number of carbonyl (C=O) groups is 4. The van der Waals surface area contributed by atoms with Crippen LogP contribution in [0.2, 0.25) is 0 Å². The van der Waals surface area contributed by atoms with Crippen LogP contribution in [0.25, 0.3) is 10.8 Å². The number of hydrogen-bond acceptors (Lipinski definition) is 5. The Morgan fingerprint density at radius 2 is 1.56 bits per heavy atom. The molecule has 2 aromatic carbocycles. The fourth-order valence-electron chi connectivity index (χ4n) is 5.77. The number of hydrogen-bond donors (Lipinski definition) is 4. The Morgan fingerprint density at radius 3 is 2.22 bits per heavy atom. The quantitative estimate of drug-likeness (QED) is 0.286. The highest BCUT2D eigenvalue weighted by atomic mass is 16.4. The third-order valence-electron chi connectivity index (χ3n) is 7.57. The van der Waals surface area contributed by atoms with Gasteiger partial charge in [-0.2, -0.15) is 0 Å². The summed E-state index contributed by atoms with van der Waals surface area (Å²) < 4.78 is 0. The van der Waals surface area contributed by atoms with Crippen LogP contribution in [0.1, 0.15) is 111 Å². The molecule has 0 unspecified atom stereocenters. The van der Waals surface area contributed by atoms with Crippen LogP contribution in [0.15, 0.2) is 23.2 Å². The van der Waals surface area contributed by atoms with Crippen molar-refractivity contribution in [2.24, 2.45) is 10.7 Å². The second kappa shape index (κ2) is 9.72. The lowest BCUT2D eigenvalue weighted by molar-refractivity contribution is 0.0687. The number of nitrogens with one attached hydrogen (secondary N) is 2. The molecule has 2 fully saturated rings. The first-order valence-corrected chi connectivity index (χ1v) is 12.7. The van der Waals surface area contributed by atoms with Gasteiger partial charge in [0.05, 0.1) is 17.2 Å². The summed E-state index contributed by atoms with van der Waals surface area (Å²) in [5.41, 5.74) is 6.69. The molecule has 5 N–H and O–H groups in total. The lowest BCUT2D eigenvalue weighted by atomic mass is 9.85. The normalized spacial score (nSPS) is 19.3. The zero-order chi connectivity index (χ0) is 25.4. The number of nitrogens with zero attached hydrogens (tertiary/aromatic N) is 1. The van der Waals surface area contributed by atoms with Gasteiger partial charge in [0.2, 0.25) is 0 Å². The lowest BCUT2D eigenvalue weighted by Gasteiger charge is -2.25. The Morgan fingerprint density at radius 1 is 0.889 bits per heavy atom. The van der Waals surface area contributed by atoms with Crippen LogP contribution in [0.3, 0.4) is 0 Å². The Bertz CT molecular complexity index is 1300. The molecule has 0 saturated heterocycles. The minimum absolute atomic E-state index is 0.00212. The number of amides is 3. The van der Waals surface area contributed by atoms with E-state index >= 15 is 0 Å². The highest BCUT2D eigenvalue weighted by Crippen LogP contribution is 2.35. The van der Waals surface area contributed by atoms with Gasteiger partial charge >= 0.3 is 5.97 Å². The Balaban J connectivity index is 1.74. The highest BCUT2D eigenvalue weighted by molar-refractivity contribution is 6.32. The monoisotopic (exact) mass is 490 g/mol. The van der Waals surface area contributed by atoms with E-state index in [1.165, 1.54) is 12.1 Å². The van der Waals surface area contributed by atoms with Crippen LogP contribution in [0, 0.1) is 0 Å².